The first kappa shape index (κ1) is 14.1. The second kappa shape index (κ2) is 7.34. The molecule has 0 aromatic carbocycles. The van der Waals surface area contributed by atoms with Crippen molar-refractivity contribution in [2.45, 2.75) is 39.2 Å². The number of aromatic nitrogens is 1. The highest BCUT2D eigenvalue weighted by Crippen LogP contribution is 2.21. The van der Waals surface area contributed by atoms with Gasteiger partial charge in [-0.2, -0.15) is 0 Å². The van der Waals surface area contributed by atoms with Gasteiger partial charge in [0.15, 0.2) is 11.6 Å². The number of hydrogen-bond donors (Lipinski definition) is 1. The molecule has 2 rings (SSSR count). The molecule has 4 heteroatoms. The fraction of sp³-hybridized carbons (Fsp3) is 0.667. The third-order valence-electron chi connectivity index (χ3n) is 3.56. The van der Waals surface area contributed by atoms with Crippen LogP contribution in [0.15, 0.2) is 18.3 Å². The smallest absolute Gasteiger partial charge is 0.168 e. The van der Waals surface area contributed by atoms with Crippen LogP contribution < -0.4 is 10.1 Å². The van der Waals surface area contributed by atoms with Crippen LogP contribution in [0, 0.1) is 0 Å². The van der Waals surface area contributed by atoms with Crippen molar-refractivity contribution in [2.24, 2.45) is 0 Å². The van der Waals surface area contributed by atoms with Crippen LogP contribution in [0.1, 0.15) is 33.1 Å². The maximum Gasteiger partial charge on any atom is 0.168 e. The molecular weight excluding hydrogens is 238 g/mol. The normalized spacial score (nSPS) is 17.4. The lowest BCUT2D eigenvalue weighted by molar-refractivity contribution is 0.268. The van der Waals surface area contributed by atoms with Crippen LogP contribution in [0.3, 0.4) is 0 Å². The SMILES string of the molecule is CCCOc1cccnc1NCC(C)N1CCCC1. The Hall–Kier alpha value is -1.29. The Morgan fingerprint density at radius 2 is 2.21 bits per heavy atom. The molecule has 1 aliphatic rings. The second-order valence-corrected chi connectivity index (χ2v) is 5.17. The van der Waals surface area contributed by atoms with E-state index in [-0.39, 0.29) is 0 Å². The first-order chi connectivity index (χ1) is 9.31. The number of nitrogens with zero attached hydrogens (tertiary/aromatic N) is 2. The van der Waals surface area contributed by atoms with E-state index in [4.69, 9.17) is 4.74 Å². The third kappa shape index (κ3) is 4.10. The summed E-state index contributed by atoms with van der Waals surface area (Å²) >= 11 is 0. The van der Waals surface area contributed by atoms with E-state index in [1.165, 1.54) is 25.9 Å². The number of likely N-dealkylation sites (tertiary alicyclic amines) is 1. The Morgan fingerprint density at radius 1 is 1.42 bits per heavy atom. The van der Waals surface area contributed by atoms with E-state index in [0.717, 1.165) is 31.1 Å². The van der Waals surface area contributed by atoms with E-state index < -0.39 is 0 Å². The van der Waals surface area contributed by atoms with Crippen molar-refractivity contribution in [1.29, 1.82) is 0 Å². The Bertz CT molecular complexity index is 377. The van der Waals surface area contributed by atoms with Gasteiger partial charge in [0.25, 0.3) is 0 Å². The number of anilines is 1. The summed E-state index contributed by atoms with van der Waals surface area (Å²) in [5.41, 5.74) is 0. The van der Waals surface area contributed by atoms with Gasteiger partial charge in [-0.25, -0.2) is 4.98 Å². The number of ether oxygens (including phenoxy) is 1. The maximum atomic E-state index is 5.71. The summed E-state index contributed by atoms with van der Waals surface area (Å²) in [4.78, 5) is 6.91. The van der Waals surface area contributed by atoms with Crippen molar-refractivity contribution in [3.8, 4) is 5.75 Å². The number of rotatable bonds is 7. The first-order valence-electron chi connectivity index (χ1n) is 7.37. The summed E-state index contributed by atoms with van der Waals surface area (Å²) in [6, 6.07) is 4.44. The van der Waals surface area contributed by atoms with Gasteiger partial charge < -0.3 is 10.1 Å². The minimum atomic E-state index is 0.545. The number of hydrogen-bond acceptors (Lipinski definition) is 4. The first-order valence-corrected chi connectivity index (χ1v) is 7.37. The Kier molecular flexibility index (Phi) is 5.45. The van der Waals surface area contributed by atoms with E-state index >= 15 is 0 Å². The Morgan fingerprint density at radius 3 is 2.95 bits per heavy atom. The Labute approximate surface area is 116 Å². The van der Waals surface area contributed by atoms with Gasteiger partial charge in [0.05, 0.1) is 6.61 Å². The molecule has 0 bridgehead atoms. The van der Waals surface area contributed by atoms with Crippen LogP contribution in [0.5, 0.6) is 5.75 Å². The highest BCUT2D eigenvalue weighted by molar-refractivity contribution is 5.49. The molecule has 4 nitrogen and oxygen atoms in total. The molecule has 1 aromatic rings. The van der Waals surface area contributed by atoms with Gasteiger partial charge in [0.2, 0.25) is 0 Å². The number of pyridine rings is 1. The maximum absolute atomic E-state index is 5.71. The molecule has 0 saturated carbocycles. The summed E-state index contributed by atoms with van der Waals surface area (Å²) < 4.78 is 5.71. The van der Waals surface area contributed by atoms with Crippen LogP contribution in [-0.2, 0) is 0 Å². The molecule has 0 spiro atoms. The molecule has 1 aromatic heterocycles. The molecule has 2 heterocycles. The largest absolute Gasteiger partial charge is 0.490 e. The molecule has 0 radical (unpaired) electrons. The van der Waals surface area contributed by atoms with Gasteiger partial charge in [-0.15, -0.1) is 0 Å². The van der Waals surface area contributed by atoms with Gasteiger partial charge in [-0.05, 0) is 51.4 Å². The van der Waals surface area contributed by atoms with Crippen molar-refractivity contribution < 1.29 is 4.74 Å². The van der Waals surface area contributed by atoms with Gasteiger partial charge in [-0.3, -0.25) is 4.90 Å². The topological polar surface area (TPSA) is 37.4 Å². The molecule has 1 saturated heterocycles. The molecular formula is C15H25N3O. The van der Waals surface area contributed by atoms with Gasteiger partial charge in [0, 0.05) is 18.8 Å². The molecule has 0 amide bonds. The zero-order valence-electron chi connectivity index (χ0n) is 12.1. The molecule has 1 unspecified atom stereocenters. The second-order valence-electron chi connectivity index (χ2n) is 5.17. The van der Waals surface area contributed by atoms with Crippen molar-refractivity contribution in [1.82, 2.24) is 9.88 Å². The standard InChI is InChI=1S/C15H25N3O/c1-3-11-19-14-7-6-8-16-15(14)17-12-13(2)18-9-4-5-10-18/h6-8,13H,3-5,9-12H2,1-2H3,(H,16,17). The lowest BCUT2D eigenvalue weighted by Crippen LogP contribution is -2.35. The van der Waals surface area contributed by atoms with E-state index in [1.54, 1.807) is 0 Å². The van der Waals surface area contributed by atoms with Crippen LogP contribution in [-0.4, -0.2) is 42.2 Å². The lowest BCUT2D eigenvalue weighted by atomic mass is 10.3. The molecule has 1 aliphatic heterocycles. The van der Waals surface area contributed by atoms with Crippen molar-refractivity contribution >= 4 is 5.82 Å². The predicted octanol–water partition coefficient (Wildman–Crippen LogP) is 2.77. The molecule has 0 aliphatic carbocycles. The van der Waals surface area contributed by atoms with E-state index in [2.05, 4.69) is 29.0 Å². The van der Waals surface area contributed by atoms with Gasteiger partial charge in [-0.1, -0.05) is 6.92 Å². The zero-order valence-corrected chi connectivity index (χ0v) is 12.1. The minimum Gasteiger partial charge on any atom is -0.490 e. The third-order valence-corrected chi connectivity index (χ3v) is 3.56. The highest BCUT2D eigenvalue weighted by atomic mass is 16.5. The predicted molar refractivity (Wildman–Crippen MR) is 78.8 cm³/mol. The van der Waals surface area contributed by atoms with Crippen LogP contribution in [0.25, 0.3) is 0 Å². The summed E-state index contributed by atoms with van der Waals surface area (Å²) in [5, 5.41) is 3.42. The summed E-state index contributed by atoms with van der Waals surface area (Å²) in [6.45, 7) is 8.49. The fourth-order valence-electron chi connectivity index (χ4n) is 2.41. The van der Waals surface area contributed by atoms with Crippen molar-refractivity contribution in [3.05, 3.63) is 18.3 Å². The van der Waals surface area contributed by atoms with E-state index in [1.807, 2.05) is 18.3 Å². The summed E-state index contributed by atoms with van der Waals surface area (Å²) in [7, 11) is 0. The molecule has 19 heavy (non-hydrogen) atoms. The molecule has 1 atom stereocenters. The van der Waals surface area contributed by atoms with Crippen LogP contribution >= 0.6 is 0 Å². The van der Waals surface area contributed by atoms with Crippen molar-refractivity contribution in [2.75, 3.05) is 31.6 Å². The molecule has 106 valence electrons. The van der Waals surface area contributed by atoms with Crippen LogP contribution in [0.2, 0.25) is 0 Å². The van der Waals surface area contributed by atoms with Crippen LogP contribution in [0.4, 0.5) is 5.82 Å². The summed E-state index contributed by atoms with van der Waals surface area (Å²) in [5.74, 6) is 1.72. The average molecular weight is 263 g/mol. The van der Waals surface area contributed by atoms with E-state index in [0.29, 0.717) is 6.04 Å². The molecule has 1 N–H and O–H groups in total. The molecule has 1 fully saturated rings. The van der Waals surface area contributed by atoms with Gasteiger partial charge >= 0.3 is 0 Å². The fourth-order valence-corrected chi connectivity index (χ4v) is 2.41. The minimum absolute atomic E-state index is 0.545. The zero-order chi connectivity index (χ0) is 13.5. The monoisotopic (exact) mass is 263 g/mol. The van der Waals surface area contributed by atoms with E-state index in [9.17, 15) is 0 Å². The summed E-state index contributed by atoms with van der Waals surface area (Å²) in [6.07, 6.45) is 5.48. The lowest BCUT2D eigenvalue weighted by Gasteiger charge is -2.24. The average Bonchev–Trinajstić information content (AvgIpc) is 2.97. The number of nitrogens with one attached hydrogen (secondary N) is 1. The highest BCUT2D eigenvalue weighted by Gasteiger charge is 2.18. The van der Waals surface area contributed by atoms with Crippen molar-refractivity contribution in [3.63, 3.8) is 0 Å². The Balaban J connectivity index is 1.87. The quantitative estimate of drug-likeness (QED) is 0.821. The van der Waals surface area contributed by atoms with Gasteiger partial charge in [0.1, 0.15) is 0 Å².